The summed E-state index contributed by atoms with van der Waals surface area (Å²) in [5.41, 5.74) is 0.715. The van der Waals surface area contributed by atoms with E-state index in [1.165, 1.54) is 0 Å². The van der Waals surface area contributed by atoms with Gasteiger partial charge in [-0.3, -0.25) is 9.59 Å². The highest BCUT2D eigenvalue weighted by molar-refractivity contribution is 5.98. The summed E-state index contributed by atoms with van der Waals surface area (Å²) < 4.78 is 9.75. The van der Waals surface area contributed by atoms with Gasteiger partial charge in [-0.2, -0.15) is 0 Å². The van der Waals surface area contributed by atoms with E-state index in [4.69, 9.17) is 4.42 Å². The molecule has 1 aromatic rings. The molecule has 0 amide bonds. The number of hydrogen-bond donors (Lipinski definition) is 2. The number of esters is 2. The van der Waals surface area contributed by atoms with Gasteiger partial charge in [-0.15, -0.1) is 0 Å². The molecule has 1 aliphatic heterocycles. The predicted octanol–water partition coefficient (Wildman–Crippen LogP) is 1.44. The van der Waals surface area contributed by atoms with E-state index in [-0.39, 0.29) is 23.2 Å². The summed E-state index contributed by atoms with van der Waals surface area (Å²) in [6, 6.07) is 0. The van der Waals surface area contributed by atoms with Gasteiger partial charge in [-0.1, -0.05) is 11.6 Å². The van der Waals surface area contributed by atoms with Crippen molar-refractivity contribution in [3.63, 3.8) is 0 Å². The van der Waals surface area contributed by atoms with E-state index in [9.17, 15) is 19.8 Å². The van der Waals surface area contributed by atoms with Crippen LogP contribution in [0.15, 0.2) is 22.3 Å². The van der Waals surface area contributed by atoms with Crippen LogP contribution in [0.2, 0.25) is 0 Å². The molecular formula is C13H12O6. The molecule has 0 bridgehead atoms. The average Bonchev–Trinajstić information content (AvgIpc) is 2.82. The molecular weight excluding hydrogens is 252 g/mol. The normalized spacial score (nSPS) is 29.9. The summed E-state index contributed by atoms with van der Waals surface area (Å²) in [5, 5.41) is 19.0. The van der Waals surface area contributed by atoms with Gasteiger partial charge in [-0.05, 0) is 13.3 Å². The van der Waals surface area contributed by atoms with Crippen LogP contribution < -0.4 is 0 Å². The van der Waals surface area contributed by atoms with Crippen LogP contribution in [0.3, 0.4) is 0 Å². The first kappa shape index (κ1) is 11.8. The Balaban J connectivity index is 1.99. The minimum Gasteiger partial charge on any atom is -0.502 e. The molecule has 1 fully saturated rings. The van der Waals surface area contributed by atoms with Gasteiger partial charge in [0.25, 0.3) is 0 Å². The molecule has 3 atom stereocenters. The van der Waals surface area contributed by atoms with Crippen LogP contribution in [-0.2, 0) is 14.3 Å². The van der Waals surface area contributed by atoms with Gasteiger partial charge < -0.3 is 19.4 Å². The number of carbonyl (C=O) groups excluding carboxylic acids is 2. The third-order valence-electron chi connectivity index (χ3n) is 3.73. The maximum atomic E-state index is 11.6. The second-order valence-corrected chi connectivity index (χ2v) is 4.91. The molecule has 0 radical (unpaired) electrons. The molecule has 1 aromatic heterocycles. The summed E-state index contributed by atoms with van der Waals surface area (Å²) >= 11 is 0. The first-order chi connectivity index (χ1) is 8.99. The Bertz CT molecular complexity index is 596. The van der Waals surface area contributed by atoms with Gasteiger partial charge in [0, 0.05) is 5.92 Å². The number of fused-ring (bicyclic) bond motifs is 1. The van der Waals surface area contributed by atoms with Gasteiger partial charge in [0.05, 0.1) is 11.8 Å². The second kappa shape index (κ2) is 3.88. The van der Waals surface area contributed by atoms with Gasteiger partial charge in [0.1, 0.15) is 6.26 Å². The number of furan rings is 1. The van der Waals surface area contributed by atoms with Gasteiger partial charge in [0.15, 0.2) is 11.5 Å². The summed E-state index contributed by atoms with van der Waals surface area (Å²) in [4.78, 5) is 23.2. The van der Waals surface area contributed by atoms with Crippen molar-refractivity contribution in [2.75, 3.05) is 0 Å². The molecule has 2 N–H and O–H groups in total. The fraction of sp³-hybridized carbons (Fsp3) is 0.385. The standard InChI is InChI=1S/C13H12O6/c1-5-2-6(11-10(15)8(14)4-18-11)3-7-9(5)13(17)19-12(7)16/h2,4,6-7,9,14-15H,3H2,1H3. The maximum Gasteiger partial charge on any atom is 0.321 e. The predicted molar refractivity (Wildman–Crippen MR) is 61.2 cm³/mol. The quantitative estimate of drug-likeness (QED) is 0.452. The average molecular weight is 264 g/mol. The van der Waals surface area contributed by atoms with Crippen LogP contribution in [0.25, 0.3) is 0 Å². The number of allylic oxidation sites excluding steroid dienone is 1. The van der Waals surface area contributed by atoms with Crippen molar-refractivity contribution in [3.05, 3.63) is 23.7 Å². The molecule has 19 heavy (non-hydrogen) atoms. The molecule has 6 heteroatoms. The lowest BCUT2D eigenvalue weighted by atomic mass is 9.75. The highest BCUT2D eigenvalue weighted by Gasteiger charge is 2.48. The Morgan fingerprint density at radius 2 is 2.00 bits per heavy atom. The van der Waals surface area contributed by atoms with Crippen LogP contribution in [0, 0.1) is 11.8 Å². The highest BCUT2D eigenvalue weighted by atomic mass is 16.6. The molecule has 6 nitrogen and oxygen atoms in total. The first-order valence-corrected chi connectivity index (χ1v) is 5.92. The molecule has 2 aliphatic rings. The van der Waals surface area contributed by atoms with Gasteiger partial charge in [0.2, 0.25) is 5.75 Å². The third-order valence-corrected chi connectivity index (χ3v) is 3.73. The SMILES string of the molecule is CC1=CC(c2occ(O)c2O)CC2C(=O)OC(=O)C12. The lowest BCUT2D eigenvalue weighted by Crippen LogP contribution is -2.25. The molecule has 3 unspecified atom stereocenters. The summed E-state index contributed by atoms with van der Waals surface area (Å²) in [7, 11) is 0. The van der Waals surface area contributed by atoms with E-state index in [1.54, 1.807) is 13.0 Å². The largest absolute Gasteiger partial charge is 0.502 e. The summed E-state index contributed by atoms with van der Waals surface area (Å²) in [6.07, 6.45) is 3.12. The van der Waals surface area contributed by atoms with Crippen molar-refractivity contribution in [3.8, 4) is 11.5 Å². The van der Waals surface area contributed by atoms with Crippen molar-refractivity contribution in [1.29, 1.82) is 0 Å². The van der Waals surface area contributed by atoms with Crippen LogP contribution in [0.4, 0.5) is 0 Å². The zero-order valence-corrected chi connectivity index (χ0v) is 10.1. The molecule has 1 aliphatic carbocycles. The number of ether oxygens (including phenoxy) is 1. The van der Waals surface area contributed by atoms with E-state index in [1.807, 2.05) is 0 Å². The number of hydrogen-bond acceptors (Lipinski definition) is 6. The molecule has 1 saturated heterocycles. The Morgan fingerprint density at radius 1 is 1.26 bits per heavy atom. The van der Waals surface area contributed by atoms with Crippen molar-refractivity contribution >= 4 is 11.9 Å². The van der Waals surface area contributed by atoms with Gasteiger partial charge >= 0.3 is 11.9 Å². The van der Waals surface area contributed by atoms with E-state index in [0.717, 1.165) is 6.26 Å². The lowest BCUT2D eigenvalue weighted by Gasteiger charge is -2.24. The number of carbonyl (C=O) groups is 2. The van der Waals surface area contributed by atoms with Crippen molar-refractivity contribution < 1.29 is 29.0 Å². The molecule has 0 spiro atoms. The molecule has 0 aromatic carbocycles. The smallest absolute Gasteiger partial charge is 0.321 e. The monoisotopic (exact) mass is 264 g/mol. The fourth-order valence-corrected chi connectivity index (χ4v) is 2.84. The van der Waals surface area contributed by atoms with Crippen LogP contribution in [-0.4, -0.2) is 22.2 Å². The van der Waals surface area contributed by atoms with Crippen molar-refractivity contribution in [1.82, 2.24) is 0 Å². The Morgan fingerprint density at radius 3 is 2.63 bits per heavy atom. The van der Waals surface area contributed by atoms with Crippen molar-refractivity contribution in [2.45, 2.75) is 19.3 Å². The van der Waals surface area contributed by atoms with Crippen LogP contribution in [0.1, 0.15) is 25.0 Å². The van der Waals surface area contributed by atoms with Crippen molar-refractivity contribution in [2.24, 2.45) is 11.8 Å². The fourth-order valence-electron chi connectivity index (χ4n) is 2.84. The van der Waals surface area contributed by atoms with Crippen LogP contribution >= 0.6 is 0 Å². The second-order valence-electron chi connectivity index (χ2n) is 4.91. The summed E-state index contributed by atoms with van der Waals surface area (Å²) in [5.74, 6) is -2.97. The number of cyclic esters (lactones) is 2. The molecule has 0 saturated carbocycles. The Labute approximate surface area is 108 Å². The number of aromatic hydroxyl groups is 2. The minimum atomic E-state index is -0.547. The highest BCUT2D eigenvalue weighted by Crippen LogP contribution is 2.46. The maximum absolute atomic E-state index is 11.6. The summed E-state index contributed by atoms with van der Waals surface area (Å²) in [6.45, 7) is 1.74. The van der Waals surface area contributed by atoms with E-state index < -0.39 is 23.8 Å². The van der Waals surface area contributed by atoms with E-state index >= 15 is 0 Å². The zero-order valence-electron chi connectivity index (χ0n) is 10.1. The minimum absolute atomic E-state index is 0.197. The molecule has 100 valence electrons. The lowest BCUT2D eigenvalue weighted by molar-refractivity contribution is -0.153. The Kier molecular flexibility index (Phi) is 2.41. The number of rotatable bonds is 1. The Hall–Kier alpha value is -2.24. The third kappa shape index (κ3) is 1.63. The zero-order chi connectivity index (χ0) is 13.7. The van der Waals surface area contributed by atoms with E-state index in [2.05, 4.69) is 4.74 Å². The topological polar surface area (TPSA) is 97.0 Å². The molecule has 3 rings (SSSR count). The first-order valence-electron chi connectivity index (χ1n) is 5.92. The van der Waals surface area contributed by atoms with Gasteiger partial charge in [-0.25, -0.2) is 0 Å². The van der Waals surface area contributed by atoms with Crippen LogP contribution in [0.5, 0.6) is 11.5 Å². The molecule has 2 heterocycles. The van der Waals surface area contributed by atoms with E-state index in [0.29, 0.717) is 12.0 Å².